The molecule has 0 amide bonds. The fourth-order valence-electron chi connectivity index (χ4n) is 3.39. The second-order valence-electron chi connectivity index (χ2n) is 5.88. The molecule has 0 spiro atoms. The molecule has 1 unspecified atom stereocenters. The second-order valence-corrected chi connectivity index (χ2v) is 10.2. The van der Waals surface area contributed by atoms with Crippen LogP contribution in [0.3, 0.4) is 0 Å². The SMILES string of the molecule is O=S1(=O)c2ccccc2S(=O)(=O)C1(F)C(O)C1CCCCC1. The van der Waals surface area contributed by atoms with Crippen LogP contribution in [0.1, 0.15) is 32.1 Å². The van der Waals surface area contributed by atoms with E-state index < -0.39 is 45.8 Å². The summed E-state index contributed by atoms with van der Waals surface area (Å²) in [5.41, 5.74) is 0. The Hall–Kier alpha value is -0.990. The molecule has 0 bridgehead atoms. The van der Waals surface area contributed by atoms with Gasteiger partial charge in [0.25, 0.3) is 0 Å². The maximum atomic E-state index is 15.4. The summed E-state index contributed by atoms with van der Waals surface area (Å²) in [5, 5.41) is 10.3. The minimum atomic E-state index is -4.81. The van der Waals surface area contributed by atoms with Crippen LogP contribution in [0.5, 0.6) is 0 Å². The van der Waals surface area contributed by atoms with E-state index in [0.717, 1.165) is 31.4 Å². The number of sulfone groups is 2. The van der Waals surface area contributed by atoms with Gasteiger partial charge in [-0.2, -0.15) is 0 Å². The zero-order valence-corrected chi connectivity index (χ0v) is 13.4. The van der Waals surface area contributed by atoms with Crippen molar-refractivity contribution in [1.29, 1.82) is 0 Å². The van der Waals surface area contributed by atoms with E-state index >= 15 is 4.39 Å². The van der Waals surface area contributed by atoms with E-state index in [1.54, 1.807) is 0 Å². The quantitative estimate of drug-likeness (QED) is 0.880. The van der Waals surface area contributed by atoms with Crippen LogP contribution < -0.4 is 0 Å². The van der Waals surface area contributed by atoms with Gasteiger partial charge in [0.15, 0.2) is 0 Å². The summed E-state index contributed by atoms with van der Waals surface area (Å²) in [4.78, 5) is -1.13. The van der Waals surface area contributed by atoms with Crippen LogP contribution in [-0.2, 0) is 19.7 Å². The number of halogens is 1. The van der Waals surface area contributed by atoms with Gasteiger partial charge in [0.05, 0.1) is 9.79 Å². The normalized spacial score (nSPS) is 27.2. The molecule has 0 saturated heterocycles. The summed E-state index contributed by atoms with van der Waals surface area (Å²) in [6, 6.07) is 4.81. The lowest BCUT2D eigenvalue weighted by Gasteiger charge is -2.32. The molecule has 1 aromatic rings. The fourth-order valence-corrected chi connectivity index (χ4v) is 8.54. The lowest BCUT2D eigenvalue weighted by Crippen LogP contribution is -2.51. The Bertz CT molecular complexity index is 741. The molecule has 1 aliphatic carbocycles. The van der Waals surface area contributed by atoms with Crippen LogP contribution >= 0.6 is 0 Å². The van der Waals surface area contributed by atoms with Crippen molar-refractivity contribution in [1.82, 2.24) is 0 Å². The Morgan fingerprint density at radius 3 is 1.91 bits per heavy atom. The molecule has 1 heterocycles. The van der Waals surface area contributed by atoms with Crippen LogP contribution in [0.4, 0.5) is 4.39 Å². The molecular formula is C14H17FO5S2. The van der Waals surface area contributed by atoms with Crippen molar-refractivity contribution in [2.24, 2.45) is 5.92 Å². The Balaban J connectivity index is 2.18. The van der Waals surface area contributed by atoms with Crippen molar-refractivity contribution in [2.75, 3.05) is 0 Å². The Morgan fingerprint density at radius 2 is 1.45 bits per heavy atom. The number of fused-ring (bicyclic) bond motifs is 1. The zero-order valence-electron chi connectivity index (χ0n) is 11.8. The minimum absolute atomic E-state index is 0.425. The van der Waals surface area contributed by atoms with Gasteiger partial charge in [-0.3, -0.25) is 0 Å². The highest BCUT2D eigenvalue weighted by atomic mass is 32.3. The third kappa shape index (κ3) is 1.83. The van der Waals surface area contributed by atoms with Gasteiger partial charge in [-0.15, -0.1) is 0 Å². The maximum Gasteiger partial charge on any atom is 0.343 e. The van der Waals surface area contributed by atoms with Crippen LogP contribution in [-0.4, -0.2) is 32.4 Å². The first kappa shape index (κ1) is 15.9. The average molecular weight is 348 g/mol. The molecule has 1 aliphatic heterocycles. The third-order valence-corrected chi connectivity index (χ3v) is 9.88. The Labute approximate surface area is 129 Å². The van der Waals surface area contributed by atoms with Crippen molar-refractivity contribution in [3.63, 3.8) is 0 Å². The van der Waals surface area contributed by atoms with Gasteiger partial charge in [-0.05, 0) is 30.9 Å². The molecule has 1 fully saturated rings. The maximum absolute atomic E-state index is 15.4. The molecule has 8 heteroatoms. The molecule has 1 N–H and O–H groups in total. The first-order valence-electron chi connectivity index (χ1n) is 7.20. The largest absolute Gasteiger partial charge is 0.387 e. The number of benzene rings is 1. The van der Waals surface area contributed by atoms with Crippen molar-refractivity contribution in [3.8, 4) is 0 Å². The van der Waals surface area contributed by atoms with E-state index in [1.807, 2.05) is 0 Å². The Morgan fingerprint density at radius 1 is 1.00 bits per heavy atom. The van der Waals surface area contributed by atoms with Crippen LogP contribution in [0.15, 0.2) is 34.1 Å². The predicted octanol–water partition coefficient (Wildman–Crippen LogP) is 1.81. The molecule has 1 atom stereocenters. The smallest absolute Gasteiger partial charge is 0.343 e. The van der Waals surface area contributed by atoms with Crippen LogP contribution in [0, 0.1) is 5.92 Å². The van der Waals surface area contributed by atoms with Gasteiger partial charge in [0.1, 0.15) is 6.10 Å². The predicted molar refractivity (Wildman–Crippen MR) is 77.2 cm³/mol. The molecule has 1 aromatic carbocycles. The first-order chi connectivity index (χ1) is 10.2. The monoisotopic (exact) mass is 348 g/mol. The summed E-state index contributed by atoms with van der Waals surface area (Å²) in [6.45, 7) is 0. The minimum Gasteiger partial charge on any atom is -0.387 e. The summed E-state index contributed by atoms with van der Waals surface area (Å²) in [7, 11) is -9.61. The third-order valence-electron chi connectivity index (χ3n) is 4.61. The first-order valence-corrected chi connectivity index (χ1v) is 10.2. The number of rotatable bonds is 2. The summed E-state index contributed by atoms with van der Waals surface area (Å²) < 4.78 is 61.7. The highest BCUT2D eigenvalue weighted by Crippen LogP contribution is 2.51. The van der Waals surface area contributed by atoms with Gasteiger partial charge in [0.2, 0.25) is 19.7 Å². The van der Waals surface area contributed by atoms with Crippen molar-refractivity contribution in [3.05, 3.63) is 24.3 Å². The van der Waals surface area contributed by atoms with E-state index in [-0.39, 0.29) is 0 Å². The van der Waals surface area contributed by atoms with Crippen molar-refractivity contribution < 1.29 is 26.3 Å². The number of aliphatic hydroxyl groups excluding tert-OH is 1. The molecule has 2 aliphatic rings. The number of aliphatic hydroxyl groups is 1. The van der Waals surface area contributed by atoms with E-state index in [9.17, 15) is 21.9 Å². The average Bonchev–Trinajstić information content (AvgIpc) is 2.65. The standard InChI is InChI=1S/C14H17FO5S2/c15-14(13(16)10-6-2-1-3-7-10)21(17,18)11-8-4-5-9-12(11)22(14,19)20/h4-5,8-10,13,16H,1-3,6-7H2. The highest BCUT2D eigenvalue weighted by molar-refractivity contribution is 8.12. The van der Waals surface area contributed by atoms with Gasteiger partial charge in [-0.25, -0.2) is 21.2 Å². The molecule has 3 rings (SSSR count). The summed E-state index contributed by atoms with van der Waals surface area (Å²) in [5.74, 6) is -0.669. The van der Waals surface area contributed by atoms with Crippen LogP contribution in [0.25, 0.3) is 0 Å². The van der Waals surface area contributed by atoms with Gasteiger partial charge >= 0.3 is 4.33 Å². The van der Waals surface area contributed by atoms with Crippen LogP contribution in [0.2, 0.25) is 0 Å². The number of alkyl halides is 1. The molecule has 122 valence electrons. The van der Waals surface area contributed by atoms with Gasteiger partial charge in [-0.1, -0.05) is 31.4 Å². The number of hydrogen-bond acceptors (Lipinski definition) is 5. The fraction of sp³-hybridized carbons (Fsp3) is 0.571. The zero-order chi connectivity index (χ0) is 16.2. The molecule has 1 saturated carbocycles. The highest BCUT2D eigenvalue weighted by Gasteiger charge is 2.69. The van der Waals surface area contributed by atoms with Gasteiger partial charge < -0.3 is 5.11 Å². The van der Waals surface area contributed by atoms with E-state index in [1.165, 1.54) is 12.1 Å². The topological polar surface area (TPSA) is 88.5 Å². The van der Waals surface area contributed by atoms with Crippen molar-refractivity contribution in [2.45, 2.75) is 52.3 Å². The molecular weight excluding hydrogens is 331 g/mol. The van der Waals surface area contributed by atoms with E-state index in [0.29, 0.717) is 12.8 Å². The second kappa shape index (κ2) is 5.01. The molecule has 5 nitrogen and oxygen atoms in total. The summed E-state index contributed by atoms with van der Waals surface area (Å²) in [6.07, 6.45) is 1.15. The molecule has 22 heavy (non-hydrogen) atoms. The Kier molecular flexibility index (Phi) is 3.61. The number of hydrogen-bond donors (Lipinski definition) is 1. The van der Waals surface area contributed by atoms with Gasteiger partial charge in [0, 0.05) is 0 Å². The van der Waals surface area contributed by atoms with E-state index in [2.05, 4.69) is 0 Å². The lowest BCUT2D eigenvalue weighted by molar-refractivity contribution is 0.0285. The molecule has 0 aromatic heterocycles. The van der Waals surface area contributed by atoms with Crippen molar-refractivity contribution >= 4 is 19.7 Å². The molecule has 0 radical (unpaired) electrons. The lowest BCUT2D eigenvalue weighted by atomic mass is 9.85. The summed E-state index contributed by atoms with van der Waals surface area (Å²) >= 11 is 0. The van der Waals surface area contributed by atoms with E-state index in [4.69, 9.17) is 0 Å².